The molecule has 0 saturated heterocycles. The Balaban J connectivity index is 2.49. The Morgan fingerprint density at radius 1 is 1.15 bits per heavy atom. The van der Waals surface area contributed by atoms with E-state index in [0.29, 0.717) is 4.47 Å². The highest BCUT2D eigenvalue weighted by atomic mass is 79.9. The lowest BCUT2D eigenvalue weighted by atomic mass is 9.98. The first-order chi connectivity index (χ1) is 9.56. The van der Waals surface area contributed by atoms with Gasteiger partial charge >= 0.3 is 0 Å². The van der Waals surface area contributed by atoms with Gasteiger partial charge in [0.2, 0.25) is 0 Å². The van der Waals surface area contributed by atoms with Crippen LogP contribution in [-0.4, -0.2) is 14.2 Å². The Kier molecular flexibility index (Phi) is 5.18. The second-order valence-corrected chi connectivity index (χ2v) is 6.05. The largest absolute Gasteiger partial charge is 0.496 e. The molecule has 0 aliphatic carbocycles. The number of hydrogen-bond acceptors (Lipinski definition) is 2. The van der Waals surface area contributed by atoms with Gasteiger partial charge in [0, 0.05) is 10.0 Å². The Bertz CT molecular complexity index is 619. The summed E-state index contributed by atoms with van der Waals surface area (Å²) in [5.74, 6) is 0.505. The van der Waals surface area contributed by atoms with E-state index in [1.54, 1.807) is 19.2 Å². The van der Waals surface area contributed by atoms with Gasteiger partial charge in [0.25, 0.3) is 0 Å². The third-order valence-electron chi connectivity index (χ3n) is 3.07. The SMILES string of the molecule is CNC(c1ccc(F)c(Br)c1)c1ccc(Br)cc1OC. The van der Waals surface area contributed by atoms with Gasteiger partial charge in [-0.15, -0.1) is 0 Å². The second kappa shape index (κ2) is 6.70. The molecule has 0 aliphatic rings. The molecule has 1 N–H and O–H groups in total. The van der Waals surface area contributed by atoms with Crippen molar-refractivity contribution in [2.45, 2.75) is 6.04 Å². The maximum absolute atomic E-state index is 13.4. The summed E-state index contributed by atoms with van der Waals surface area (Å²) in [7, 11) is 3.50. The summed E-state index contributed by atoms with van der Waals surface area (Å²) >= 11 is 6.65. The van der Waals surface area contributed by atoms with E-state index in [4.69, 9.17) is 4.74 Å². The highest BCUT2D eigenvalue weighted by Crippen LogP contribution is 2.33. The van der Waals surface area contributed by atoms with Crippen LogP contribution in [0.2, 0.25) is 0 Å². The lowest BCUT2D eigenvalue weighted by Gasteiger charge is -2.20. The first-order valence-corrected chi connectivity index (χ1v) is 7.61. The van der Waals surface area contributed by atoms with E-state index in [0.717, 1.165) is 21.3 Å². The maximum Gasteiger partial charge on any atom is 0.137 e. The van der Waals surface area contributed by atoms with E-state index >= 15 is 0 Å². The predicted molar refractivity (Wildman–Crippen MR) is 85.7 cm³/mol. The van der Waals surface area contributed by atoms with Crippen molar-refractivity contribution in [1.82, 2.24) is 5.32 Å². The summed E-state index contributed by atoms with van der Waals surface area (Å²) in [4.78, 5) is 0. The van der Waals surface area contributed by atoms with Gasteiger partial charge in [-0.1, -0.05) is 28.1 Å². The molecule has 2 rings (SSSR count). The van der Waals surface area contributed by atoms with Crippen LogP contribution in [0.5, 0.6) is 5.75 Å². The highest BCUT2D eigenvalue weighted by molar-refractivity contribution is 9.10. The van der Waals surface area contributed by atoms with Gasteiger partial charge in [0.1, 0.15) is 11.6 Å². The quantitative estimate of drug-likeness (QED) is 0.802. The zero-order valence-corrected chi connectivity index (χ0v) is 14.3. The third kappa shape index (κ3) is 3.22. The molecule has 1 unspecified atom stereocenters. The summed E-state index contributed by atoms with van der Waals surface area (Å²) in [5, 5.41) is 3.24. The van der Waals surface area contributed by atoms with Crippen LogP contribution in [0.3, 0.4) is 0 Å². The first kappa shape index (κ1) is 15.5. The Morgan fingerprint density at radius 2 is 1.90 bits per heavy atom. The van der Waals surface area contributed by atoms with Gasteiger partial charge in [-0.25, -0.2) is 4.39 Å². The molecule has 20 heavy (non-hydrogen) atoms. The molecule has 0 saturated carbocycles. The number of methoxy groups -OCH3 is 1. The van der Waals surface area contributed by atoms with Crippen molar-refractivity contribution in [1.29, 1.82) is 0 Å². The fourth-order valence-corrected chi connectivity index (χ4v) is 2.85. The van der Waals surface area contributed by atoms with E-state index < -0.39 is 0 Å². The first-order valence-electron chi connectivity index (χ1n) is 6.02. The summed E-state index contributed by atoms with van der Waals surface area (Å²) in [5.41, 5.74) is 1.96. The maximum atomic E-state index is 13.4. The summed E-state index contributed by atoms with van der Waals surface area (Å²) < 4.78 is 20.2. The van der Waals surface area contributed by atoms with Crippen molar-refractivity contribution in [3.63, 3.8) is 0 Å². The minimum atomic E-state index is -0.272. The Hall–Kier alpha value is -0.910. The molecule has 0 aliphatic heterocycles. The average molecular weight is 403 g/mol. The van der Waals surface area contributed by atoms with E-state index in [-0.39, 0.29) is 11.9 Å². The summed E-state index contributed by atoms with van der Waals surface area (Å²) in [6, 6.07) is 10.8. The van der Waals surface area contributed by atoms with Crippen LogP contribution in [0.1, 0.15) is 17.2 Å². The summed E-state index contributed by atoms with van der Waals surface area (Å²) in [6.45, 7) is 0. The standard InChI is InChI=1S/C15H14Br2FNO/c1-19-15(9-3-6-13(18)12(17)7-9)11-5-4-10(16)8-14(11)20-2/h3-8,15,19H,1-2H3. The molecule has 0 heterocycles. The van der Waals surface area contributed by atoms with Crippen molar-refractivity contribution < 1.29 is 9.13 Å². The fraction of sp³-hybridized carbons (Fsp3) is 0.200. The van der Waals surface area contributed by atoms with Crippen LogP contribution in [0, 0.1) is 5.82 Å². The van der Waals surface area contributed by atoms with Gasteiger partial charge < -0.3 is 10.1 Å². The third-order valence-corrected chi connectivity index (χ3v) is 4.17. The second-order valence-electron chi connectivity index (χ2n) is 4.28. The number of nitrogens with one attached hydrogen (secondary N) is 1. The van der Waals surface area contributed by atoms with Gasteiger partial charge in [-0.2, -0.15) is 0 Å². The van der Waals surface area contributed by atoms with Crippen molar-refractivity contribution >= 4 is 31.9 Å². The normalized spacial score (nSPS) is 12.2. The zero-order valence-electron chi connectivity index (χ0n) is 11.1. The lowest BCUT2D eigenvalue weighted by molar-refractivity contribution is 0.405. The smallest absolute Gasteiger partial charge is 0.137 e. The Labute approximate surface area is 134 Å². The number of hydrogen-bond donors (Lipinski definition) is 1. The molecule has 2 aromatic rings. The molecular weight excluding hydrogens is 389 g/mol. The number of ether oxygens (including phenoxy) is 1. The molecule has 106 valence electrons. The van der Waals surface area contributed by atoms with Crippen LogP contribution in [-0.2, 0) is 0 Å². The van der Waals surface area contributed by atoms with Crippen LogP contribution in [0.25, 0.3) is 0 Å². The minimum absolute atomic E-state index is 0.0741. The number of rotatable bonds is 4. The molecule has 0 spiro atoms. The van der Waals surface area contributed by atoms with Gasteiger partial charge in [0.05, 0.1) is 17.6 Å². The fourth-order valence-electron chi connectivity index (χ4n) is 2.12. The van der Waals surface area contributed by atoms with Crippen LogP contribution >= 0.6 is 31.9 Å². The number of benzene rings is 2. The van der Waals surface area contributed by atoms with E-state index in [1.807, 2.05) is 25.2 Å². The van der Waals surface area contributed by atoms with E-state index in [1.165, 1.54) is 6.07 Å². The van der Waals surface area contributed by atoms with Gasteiger partial charge in [0.15, 0.2) is 0 Å². The molecule has 0 amide bonds. The molecule has 1 atom stereocenters. The van der Waals surface area contributed by atoms with Crippen molar-refractivity contribution in [3.8, 4) is 5.75 Å². The van der Waals surface area contributed by atoms with Crippen molar-refractivity contribution in [3.05, 3.63) is 62.3 Å². The molecule has 2 nitrogen and oxygen atoms in total. The average Bonchev–Trinajstić information content (AvgIpc) is 2.44. The summed E-state index contributed by atoms with van der Waals surface area (Å²) in [6.07, 6.45) is 0. The van der Waals surface area contributed by atoms with Crippen LogP contribution in [0.15, 0.2) is 45.3 Å². The highest BCUT2D eigenvalue weighted by Gasteiger charge is 2.17. The van der Waals surface area contributed by atoms with Crippen molar-refractivity contribution in [2.24, 2.45) is 0 Å². The molecule has 5 heteroatoms. The minimum Gasteiger partial charge on any atom is -0.496 e. The Morgan fingerprint density at radius 3 is 2.50 bits per heavy atom. The molecule has 2 aromatic carbocycles. The lowest BCUT2D eigenvalue weighted by Crippen LogP contribution is -2.18. The van der Waals surface area contributed by atoms with Crippen LogP contribution < -0.4 is 10.1 Å². The zero-order chi connectivity index (χ0) is 14.7. The van der Waals surface area contributed by atoms with Gasteiger partial charge in [-0.05, 0) is 52.8 Å². The molecule has 0 fully saturated rings. The predicted octanol–water partition coefficient (Wildman–Crippen LogP) is 4.67. The molecular formula is C15H14Br2FNO. The van der Waals surface area contributed by atoms with Gasteiger partial charge in [-0.3, -0.25) is 0 Å². The topological polar surface area (TPSA) is 21.3 Å². The van der Waals surface area contributed by atoms with E-state index in [9.17, 15) is 4.39 Å². The molecule has 0 aromatic heterocycles. The van der Waals surface area contributed by atoms with Crippen LogP contribution in [0.4, 0.5) is 4.39 Å². The van der Waals surface area contributed by atoms with Crippen molar-refractivity contribution in [2.75, 3.05) is 14.2 Å². The molecule has 0 bridgehead atoms. The number of halogens is 3. The monoisotopic (exact) mass is 401 g/mol. The molecule has 0 radical (unpaired) electrons. The van der Waals surface area contributed by atoms with E-state index in [2.05, 4.69) is 37.2 Å².